The molecule has 114 valence electrons. The molecule has 0 saturated carbocycles. The largest absolute Gasteiger partial charge is 0.399 e. The van der Waals surface area contributed by atoms with Crippen molar-refractivity contribution < 1.29 is 14.4 Å². The highest BCUT2D eigenvalue weighted by atomic mass is 16.2. The van der Waals surface area contributed by atoms with Crippen molar-refractivity contribution in [3.8, 4) is 0 Å². The number of nitrogen functional groups attached to an aromatic ring is 1. The third-order valence-corrected chi connectivity index (χ3v) is 2.76. The van der Waals surface area contributed by atoms with E-state index in [0.29, 0.717) is 11.3 Å². The second kappa shape index (κ2) is 7.82. The molecule has 0 heterocycles. The molecule has 21 heavy (non-hydrogen) atoms. The van der Waals surface area contributed by atoms with Crippen molar-refractivity contribution in [3.05, 3.63) is 29.8 Å². The van der Waals surface area contributed by atoms with Gasteiger partial charge in [-0.1, -0.05) is 0 Å². The molecule has 0 aliphatic heterocycles. The Morgan fingerprint density at radius 1 is 1.05 bits per heavy atom. The number of hydrogen-bond acceptors (Lipinski definition) is 6. The molecule has 0 aliphatic rings. The molecule has 3 amide bonds. The van der Waals surface area contributed by atoms with Crippen LogP contribution in [0, 0.1) is 0 Å². The standard InChI is InChI=1S/C12H18N6O3/c13-8-3-1-7(2-4-8)11(20)16-9(12(21)18-15)5-6-10(19)17-14/h1-4,9H,5-6,13-15H2,(H,16,20)(H,17,19)(H,18,21)/t9-/m0/s1. The van der Waals surface area contributed by atoms with Crippen LogP contribution in [0.2, 0.25) is 0 Å². The van der Waals surface area contributed by atoms with E-state index in [4.69, 9.17) is 17.4 Å². The molecule has 0 aromatic heterocycles. The molecule has 0 spiro atoms. The zero-order valence-corrected chi connectivity index (χ0v) is 11.3. The maximum Gasteiger partial charge on any atom is 0.256 e. The molecule has 9 N–H and O–H groups in total. The summed E-state index contributed by atoms with van der Waals surface area (Å²) < 4.78 is 0. The number of hydrogen-bond donors (Lipinski definition) is 6. The number of anilines is 1. The van der Waals surface area contributed by atoms with Gasteiger partial charge in [0.1, 0.15) is 6.04 Å². The third kappa shape index (κ3) is 5.09. The van der Waals surface area contributed by atoms with Gasteiger partial charge >= 0.3 is 0 Å². The van der Waals surface area contributed by atoms with Crippen LogP contribution < -0.4 is 33.6 Å². The molecule has 0 fully saturated rings. The van der Waals surface area contributed by atoms with E-state index >= 15 is 0 Å². The van der Waals surface area contributed by atoms with E-state index in [1.807, 2.05) is 10.9 Å². The maximum absolute atomic E-state index is 12.0. The average molecular weight is 294 g/mol. The van der Waals surface area contributed by atoms with Crippen LogP contribution in [-0.2, 0) is 9.59 Å². The summed E-state index contributed by atoms with van der Waals surface area (Å²) >= 11 is 0. The Balaban J connectivity index is 2.71. The lowest BCUT2D eigenvalue weighted by Crippen LogP contribution is -2.49. The third-order valence-electron chi connectivity index (χ3n) is 2.76. The molecule has 1 rings (SSSR count). The van der Waals surface area contributed by atoms with Crippen LogP contribution in [-0.4, -0.2) is 23.8 Å². The quantitative estimate of drug-likeness (QED) is 0.155. The van der Waals surface area contributed by atoms with Gasteiger partial charge in [0.25, 0.3) is 11.8 Å². The number of carbonyl (C=O) groups is 3. The Hall–Kier alpha value is -2.65. The first-order valence-corrected chi connectivity index (χ1v) is 6.14. The summed E-state index contributed by atoms with van der Waals surface area (Å²) in [5.74, 6) is 8.47. The van der Waals surface area contributed by atoms with Crippen LogP contribution in [0.5, 0.6) is 0 Å². The molecule has 1 aromatic carbocycles. The smallest absolute Gasteiger partial charge is 0.256 e. The maximum atomic E-state index is 12.0. The van der Waals surface area contributed by atoms with Crippen LogP contribution in [0.25, 0.3) is 0 Å². The van der Waals surface area contributed by atoms with E-state index in [1.54, 1.807) is 12.1 Å². The molecule has 0 saturated heterocycles. The Morgan fingerprint density at radius 3 is 2.19 bits per heavy atom. The Bertz CT molecular complexity index is 516. The summed E-state index contributed by atoms with van der Waals surface area (Å²) in [5.41, 5.74) is 10.3. The van der Waals surface area contributed by atoms with Gasteiger partial charge in [-0.05, 0) is 30.7 Å². The Morgan fingerprint density at radius 2 is 1.67 bits per heavy atom. The van der Waals surface area contributed by atoms with Crippen molar-refractivity contribution in [2.45, 2.75) is 18.9 Å². The zero-order valence-electron chi connectivity index (χ0n) is 11.3. The van der Waals surface area contributed by atoms with E-state index in [9.17, 15) is 14.4 Å². The van der Waals surface area contributed by atoms with Gasteiger partial charge in [-0.3, -0.25) is 25.2 Å². The average Bonchev–Trinajstić information content (AvgIpc) is 2.50. The topological polar surface area (TPSA) is 165 Å². The van der Waals surface area contributed by atoms with Gasteiger partial charge in [0.05, 0.1) is 0 Å². The first-order chi connectivity index (χ1) is 9.97. The molecule has 9 nitrogen and oxygen atoms in total. The van der Waals surface area contributed by atoms with Gasteiger partial charge in [-0.25, -0.2) is 11.7 Å². The number of hydrazine groups is 2. The van der Waals surface area contributed by atoms with Crippen molar-refractivity contribution in [2.75, 3.05) is 5.73 Å². The molecular formula is C12H18N6O3. The van der Waals surface area contributed by atoms with E-state index in [1.165, 1.54) is 12.1 Å². The molecule has 9 heteroatoms. The monoisotopic (exact) mass is 294 g/mol. The minimum atomic E-state index is -0.947. The van der Waals surface area contributed by atoms with Crippen molar-refractivity contribution in [2.24, 2.45) is 11.7 Å². The summed E-state index contributed by atoms with van der Waals surface area (Å²) in [6.45, 7) is 0. The highest BCUT2D eigenvalue weighted by molar-refractivity contribution is 5.97. The molecule has 0 unspecified atom stereocenters. The van der Waals surface area contributed by atoms with Crippen molar-refractivity contribution in [1.29, 1.82) is 0 Å². The second-order valence-electron chi connectivity index (χ2n) is 4.26. The van der Waals surface area contributed by atoms with Crippen LogP contribution in [0.15, 0.2) is 24.3 Å². The van der Waals surface area contributed by atoms with Gasteiger partial charge in [-0.2, -0.15) is 0 Å². The summed E-state index contributed by atoms with van der Waals surface area (Å²) in [6, 6.07) is 5.23. The van der Waals surface area contributed by atoms with Crippen LogP contribution in [0.1, 0.15) is 23.2 Å². The molecule has 0 radical (unpaired) electrons. The van der Waals surface area contributed by atoms with Crippen molar-refractivity contribution >= 4 is 23.4 Å². The van der Waals surface area contributed by atoms with Gasteiger partial charge < -0.3 is 11.1 Å². The minimum Gasteiger partial charge on any atom is -0.399 e. The van der Waals surface area contributed by atoms with Crippen molar-refractivity contribution in [1.82, 2.24) is 16.2 Å². The Kier molecular flexibility index (Phi) is 6.11. The molecule has 0 bridgehead atoms. The second-order valence-corrected chi connectivity index (χ2v) is 4.26. The first-order valence-electron chi connectivity index (χ1n) is 6.14. The summed E-state index contributed by atoms with van der Waals surface area (Å²) in [7, 11) is 0. The lowest BCUT2D eigenvalue weighted by Gasteiger charge is -2.16. The lowest BCUT2D eigenvalue weighted by molar-refractivity contribution is -0.124. The summed E-state index contributed by atoms with van der Waals surface area (Å²) in [6.07, 6.45) is 0.0311. The fraction of sp³-hybridized carbons (Fsp3) is 0.250. The molecular weight excluding hydrogens is 276 g/mol. The zero-order chi connectivity index (χ0) is 15.8. The fourth-order valence-corrected chi connectivity index (χ4v) is 1.59. The minimum absolute atomic E-state index is 0.0311. The van der Waals surface area contributed by atoms with Crippen LogP contribution in [0.3, 0.4) is 0 Å². The summed E-state index contributed by atoms with van der Waals surface area (Å²) in [4.78, 5) is 34.7. The van der Waals surface area contributed by atoms with Crippen LogP contribution >= 0.6 is 0 Å². The number of nitrogens with two attached hydrogens (primary N) is 3. The van der Waals surface area contributed by atoms with Crippen LogP contribution in [0.4, 0.5) is 5.69 Å². The van der Waals surface area contributed by atoms with E-state index in [0.717, 1.165) is 0 Å². The highest BCUT2D eigenvalue weighted by Gasteiger charge is 2.21. The Labute approximate surface area is 121 Å². The lowest BCUT2D eigenvalue weighted by atomic mass is 10.1. The van der Waals surface area contributed by atoms with Gasteiger partial charge in [-0.15, -0.1) is 0 Å². The highest BCUT2D eigenvalue weighted by Crippen LogP contribution is 2.06. The van der Waals surface area contributed by atoms with E-state index in [-0.39, 0.29) is 12.8 Å². The van der Waals surface area contributed by atoms with Gasteiger partial charge in [0.2, 0.25) is 5.91 Å². The number of carbonyl (C=O) groups excluding carboxylic acids is 3. The fourth-order valence-electron chi connectivity index (χ4n) is 1.59. The normalized spacial score (nSPS) is 11.3. The first kappa shape index (κ1) is 16.4. The SMILES string of the molecule is NNC(=O)CC[C@H](NC(=O)c1ccc(N)cc1)C(=O)NN. The number of rotatable bonds is 6. The van der Waals surface area contributed by atoms with E-state index < -0.39 is 23.8 Å². The summed E-state index contributed by atoms with van der Waals surface area (Å²) in [5, 5.41) is 2.49. The predicted molar refractivity (Wildman–Crippen MR) is 76.0 cm³/mol. The number of benzene rings is 1. The molecule has 0 aliphatic carbocycles. The number of amides is 3. The van der Waals surface area contributed by atoms with Gasteiger partial charge in [0.15, 0.2) is 0 Å². The molecule has 1 atom stereocenters. The van der Waals surface area contributed by atoms with E-state index in [2.05, 4.69) is 5.32 Å². The van der Waals surface area contributed by atoms with Gasteiger partial charge in [0, 0.05) is 17.7 Å². The predicted octanol–water partition coefficient (Wildman–Crippen LogP) is -1.87. The number of nitrogens with one attached hydrogen (secondary N) is 3. The molecule has 1 aromatic rings. The van der Waals surface area contributed by atoms with Crippen molar-refractivity contribution in [3.63, 3.8) is 0 Å².